The Morgan fingerprint density at radius 3 is 2.58 bits per heavy atom. The number of alkyl halides is 3. The Morgan fingerprint density at radius 2 is 1.92 bits per heavy atom. The minimum Gasteiger partial charge on any atom is -0.495 e. The van der Waals surface area contributed by atoms with Crippen molar-refractivity contribution in [3.05, 3.63) is 64.2 Å². The van der Waals surface area contributed by atoms with Crippen LogP contribution in [0.15, 0.2) is 36.4 Å². The first kappa shape index (κ1) is 25.8. The van der Waals surface area contributed by atoms with Crippen molar-refractivity contribution in [1.29, 1.82) is 0 Å². The van der Waals surface area contributed by atoms with Crippen LogP contribution < -0.4 is 9.47 Å². The second-order valence-electron chi connectivity index (χ2n) is 7.75. The Balaban J connectivity index is 1.99. The number of benzene rings is 2. The molecule has 2 atom stereocenters. The predicted molar refractivity (Wildman–Crippen MR) is 122 cm³/mol. The van der Waals surface area contributed by atoms with Crippen molar-refractivity contribution in [3.8, 4) is 17.2 Å². The average molecular weight is 526 g/mol. The molecule has 0 fully saturated rings. The molecule has 0 saturated carbocycles. The largest absolute Gasteiger partial charge is 0.495 e. The second-order valence-corrected chi connectivity index (χ2v) is 8.12. The van der Waals surface area contributed by atoms with Crippen molar-refractivity contribution in [2.45, 2.75) is 38.7 Å². The molecule has 192 valence electrons. The summed E-state index contributed by atoms with van der Waals surface area (Å²) in [6, 6.07) is 9.59. The molecule has 8 nitrogen and oxygen atoms in total. The van der Waals surface area contributed by atoms with Crippen LogP contribution in [0.5, 0.6) is 11.5 Å². The Kier molecular flexibility index (Phi) is 7.41. The molecule has 2 heterocycles. The van der Waals surface area contributed by atoms with Gasteiger partial charge in [0.25, 0.3) is 0 Å². The van der Waals surface area contributed by atoms with Crippen LogP contribution in [-0.4, -0.2) is 41.1 Å². The topological polar surface area (TPSA) is 84.7 Å². The zero-order valence-electron chi connectivity index (χ0n) is 19.6. The van der Waals surface area contributed by atoms with Gasteiger partial charge in [-0.2, -0.15) is 13.2 Å². The van der Waals surface area contributed by atoms with Gasteiger partial charge in [0, 0.05) is 11.1 Å². The van der Waals surface area contributed by atoms with E-state index in [1.54, 1.807) is 44.2 Å². The maximum atomic E-state index is 14.0. The van der Waals surface area contributed by atoms with E-state index in [1.807, 2.05) is 0 Å². The molecule has 0 amide bonds. The van der Waals surface area contributed by atoms with Crippen molar-refractivity contribution >= 4 is 17.6 Å². The standard InChI is InChI=1S/C24H23ClF3N3O5/c1-4-34-13-9-10-16-15(11-13)21(14-7-6-8-17(33-3)20(14)25)36-18(12-19(32)35-5-2)22-29-30-23(31(16)22)24(26,27)28/h6-11,18,21H,4-5,12H2,1-3H3/t18-,21-/m1/s1. The summed E-state index contributed by atoms with van der Waals surface area (Å²) in [7, 11) is 1.44. The molecule has 12 heteroatoms. The lowest BCUT2D eigenvalue weighted by Gasteiger charge is -2.24. The van der Waals surface area contributed by atoms with Crippen LogP contribution in [0.1, 0.15) is 55.3 Å². The number of ether oxygens (including phenoxy) is 4. The van der Waals surface area contributed by atoms with Gasteiger partial charge >= 0.3 is 12.1 Å². The third-order valence-corrected chi connectivity index (χ3v) is 5.92. The number of carbonyl (C=O) groups excluding carboxylic acids is 1. The molecular weight excluding hydrogens is 503 g/mol. The number of methoxy groups -OCH3 is 1. The second kappa shape index (κ2) is 10.4. The molecule has 3 aromatic rings. The molecule has 1 aliphatic heterocycles. The Hall–Kier alpha value is -3.31. The zero-order valence-corrected chi connectivity index (χ0v) is 20.4. The highest BCUT2D eigenvalue weighted by Crippen LogP contribution is 2.46. The van der Waals surface area contributed by atoms with E-state index in [2.05, 4.69) is 10.2 Å². The molecule has 2 aromatic carbocycles. The maximum absolute atomic E-state index is 14.0. The average Bonchev–Trinajstić information content (AvgIpc) is 3.24. The highest BCUT2D eigenvalue weighted by atomic mass is 35.5. The number of carbonyl (C=O) groups is 1. The summed E-state index contributed by atoms with van der Waals surface area (Å²) in [5.74, 6) is -1.35. The lowest BCUT2D eigenvalue weighted by molar-refractivity contribution is -0.147. The molecule has 4 rings (SSSR count). The van der Waals surface area contributed by atoms with Gasteiger partial charge in [0.05, 0.1) is 37.5 Å². The van der Waals surface area contributed by atoms with E-state index in [1.165, 1.54) is 13.2 Å². The molecule has 0 aliphatic carbocycles. The van der Waals surface area contributed by atoms with Gasteiger partial charge in [-0.25, -0.2) is 0 Å². The van der Waals surface area contributed by atoms with Gasteiger partial charge in [-0.15, -0.1) is 10.2 Å². The SMILES string of the molecule is CCOC(=O)C[C@H]1O[C@H](c2cccc(OC)c2Cl)c2cc(OCC)ccc2-n2c1nnc2C(F)(F)F. The van der Waals surface area contributed by atoms with E-state index in [4.69, 9.17) is 30.5 Å². The van der Waals surface area contributed by atoms with E-state index in [0.717, 1.165) is 4.57 Å². The first-order chi connectivity index (χ1) is 17.2. The molecule has 36 heavy (non-hydrogen) atoms. The fraction of sp³-hybridized carbons (Fsp3) is 0.375. The van der Waals surface area contributed by atoms with Crippen LogP contribution >= 0.6 is 11.6 Å². The van der Waals surface area contributed by atoms with Crippen molar-refractivity contribution in [3.63, 3.8) is 0 Å². The Bertz CT molecular complexity index is 1260. The van der Waals surface area contributed by atoms with Crippen molar-refractivity contribution in [2.24, 2.45) is 0 Å². The van der Waals surface area contributed by atoms with E-state index < -0.39 is 36.6 Å². The lowest BCUT2D eigenvalue weighted by atomic mass is 9.98. The fourth-order valence-electron chi connectivity index (χ4n) is 4.07. The Morgan fingerprint density at radius 1 is 1.14 bits per heavy atom. The van der Waals surface area contributed by atoms with Crippen LogP contribution in [0.2, 0.25) is 5.02 Å². The highest BCUT2D eigenvalue weighted by molar-refractivity contribution is 6.32. The van der Waals surface area contributed by atoms with Gasteiger partial charge in [-0.05, 0) is 38.1 Å². The number of fused-ring (bicyclic) bond motifs is 3. The van der Waals surface area contributed by atoms with Crippen LogP contribution in [0.25, 0.3) is 5.69 Å². The summed E-state index contributed by atoms with van der Waals surface area (Å²) in [6.07, 6.45) is -7.47. The molecule has 0 bridgehead atoms. The van der Waals surface area contributed by atoms with E-state index in [0.29, 0.717) is 29.2 Å². The zero-order chi connectivity index (χ0) is 26.0. The number of nitrogens with zero attached hydrogens (tertiary/aromatic N) is 3. The van der Waals surface area contributed by atoms with Gasteiger partial charge in [-0.3, -0.25) is 9.36 Å². The fourth-order valence-corrected chi connectivity index (χ4v) is 4.37. The quantitative estimate of drug-likeness (QED) is 0.379. The van der Waals surface area contributed by atoms with Crippen LogP contribution in [0.3, 0.4) is 0 Å². The van der Waals surface area contributed by atoms with Crippen LogP contribution in [-0.2, 0) is 20.4 Å². The lowest BCUT2D eigenvalue weighted by Crippen LogP contribution is -2.18. The molecule has 1 aromatic heterocycles. The molecule has 0 radical (unpaired) electrons. The van der Waals surface area contributed by atoms with Gasteiger partial charge in [0.1, 0.15) is 23.7 Å². The van der Waals surface area contributed by atoms with E-state index >= 15 is 0 Å². The molecular formula is C24H23ClF3N3O5. The van der Waals surface area contributed by atoms with Crippen molar-refractivity contribution < 1.29 is 36.9 Å². The van der Waals surface area contributed by atoms with E-state index in [-0.39, 0.29) is 23.1 Å². The number of esters is 1. The molecule has 1 aliphatic rings. The minimum atomic E-state index is -4.83. The number of hydrogen-bond donors (Lipinski definition) is 0. The summed E-state index contributed by atoms with van der Waals surface area (Å²) in [5, 5.41) is 7.39. The smallest absolute Gasteiger partial charge is 0.452 e. The molecule has 0 N–H and O–H groups in total. The Labute approximate surface area is 209 Å². The van der Waals surface area contributed by atoms with Gasteiger partial charge in [-0.1, -0.05) is 23.7 Å². The monoisotopic (exact) mass is 525 g/mol. The van der Waals surface area contributed by atoms with Crippen LogP contribution in [0, 0.1) is 0 Å². The number of aromatic nitrogens is 3. The predicted octanol–water partition coefficient (Wildman–Crippen LogP) is 5.46. The molecule has 0 spiro atoms. The normalized spacial score (nSPS) is 17.1. The number of rotatable bonds is 7. The molecule has 0 unspecified atom stereocenters. The first-order valence-corrected chi connectivity index (χ1v) is 11.5. The number of halogens is 4. The summed E-state index contributed by atoms with van der Waals surface area (Å²) >= 11 is 6.61. The molecule has 0 saturated heterocycles. The summed E-state index contributed by atoms with van der Waals surface area (Å²) < 4.78 is 65.2. The summed E-state index contributed by atoms with van der Waals surface area (Å²) in [5.41, 5.74) is 0.849. The first-order valence-electron chi connectivity index (χ1n) is 11.1. The third-order valence-electron chi connectivity index (χ3n) is 5.52. The summed E-state index contributed by atoms with van der Waals surface area (Å²) in [6.45, 7) is 3.84. The minimum absolute atomic E-state index is 0.0924. The third kappa shape index (κ3) is 4.85. The maximum Gasteiger partial charge on any atom is 0.452 e. The van der Waals surface area contributed by atoms with Gasteiger partial charge in [0.2, 0.25) is 5.82 Å². The highest BCUT2D eigenvalue weighted by Gasteiger charge is 2.44. The van der Waals surface area contributed by atoms with E-state index in [9.17, 15) is 18.0 Å². The van der Waals surface area contributed by atoms with Gasteiger partial charge in [0.15, 0.2) is 5.82 Å². The van der Waals surface area contributed by atoms with Crippen molar-refractivity contribution in [2.75, 3.05) is 20.3 Å². The van der Waals surface area contributed by atoms with Crippen molar-refractivity contribution in [1.82, 2.24) is 14.8 Å². The number of hydrogen-bond acceptors (Lipinski definition) is 7. The summed E-state index contributed by atoms with van der Waals surface area (Å²) in [4.78, 5) is 12.4. The van der Waals surface area contributed by atoms with Crippen LogP contribution in [0.4, 0.5) is 13.2 Å². The van der Waals surface area contributed by atoms with Gasteiger partial charge < -0.3 is 18.9 Å².